The van der Waals surface area contributed by atoms with Gasteiger partial charge >= 0.3 is 0 Å². The number of hydrogen-bond acceptors (Lipinski definition) is 2. The minimum atomic E-state index is 0.0283. The second-order valence-corrected chi connectivity index (χ2v) is 4.05. The van der Waals surface area contributed by atoms with Crippen molar-refractivity contribution in [3.63, 3.8) is 0 Å². The number of benzene rings is 1. The molecule has 2 aromatic heterocycles. The van der Waals surface area contributed by atoms with E-state index in [-0.39, 0.29) is 6.61 Å². The fourth-order valence-electron chi connectivity index (χ4n) is 1.95. The fraction of sp³-hybridized carbons (Fsp3) is 0.0833. The molecule has 16 heavy (non-hydrogen) atoms. The van der Waals surface area contributed by atoms with Crippen LogP contribution in [-0.2, 0) is 6.61 Å². The summed E-state index contributed by atoms with van der Waals surface area (Å²) in [5, 5.41) is 11.5. The lowest BCUT2D eigenvalue weighted by molar-refractivity contribution is 0.282. The summed E-state index contributed by atoms with van der Waals surface area (Å²) in [6.45, 7) is 0.0283. The molecule has 1 aromatic carbocycles. The predicted octanol–water partition coefficient (Wildman–Crippen LogP) is 2.86. The van der Waals surface area contributed by atoms with Crippen molar-refractivity contribution in [3.05, 3.63) is 41.2 Å². The van der Waals surface area contributed by atoms with Crippen molar-refractivity contribution in [2.45, 2.75) is 6.61 Å². The molecule has 0 atom stereocenters. The lowest BCUT2D eigenvalue weighted by Crippen LogP contribution is -1.81. The first kappa shape index (κ1) is 9.63. The smallest absolute Gasteiger partial charge is 0.138 e. The molecule has 2 heterocycles. The zero-order chi connectivity index (χ0) is 11.1. The Hall–Kier alpha value is -1.58. The Labute approximate surface area is 96.7 Å². The van der Waals surface area contributed by atoms with Gasteiger partial charge in [-0.15, -0.1) is 0 Å². The average Bonchev–Trinajstić information content (AvgIpc) is 2.67. The number of aliphatic hydroxyl groups excluding tert-OH is 1. The average molecular weight is 233 g/mol. The summed E-state index contributed by atoms with van der Waals surface area (Å²) in [6.07, 6.45) is 1.67. The number of fused-ring (bicyclic) bond motifs is 3. The molecule has 2 N–H and O–H groups in total. The van der Waals surface area contributed by atoms with Crippen LogP contribution in [0.4, 0.5) is 0 Å². The van der Waals surface area contributed by atoms with Crippen molar-refractivity contribution in [1.82, 2.24) is 9.97 Å². The molecule has 0 unspecified atom stereocenters. The van der Waals surface area contributed by atoms with Gasteiger partial charge in [-0.1, -0.05) is 17.7 Å². The first-order valence-corrected chi connectivity index (χ1v) is 5.33. The van der Waals surface area contributed by atoms with E-state index >= 15 is 0 Å². The molecule has 0 saturated carbocycles. The quantitative estimate of drug-likeness (QED) is 0.634. The Bertz CT molecular complexity index is 675. The van der Waals surface area contributed by atoms with Crippen molar-refractivity contribution in [1.29, 1.82) is 0 Å². The number of aromatic amines is 1. The van der Waals surface area contributed by atoms with Gasteiger partial charge in [0.25, 0.3) is 0 Å². The summed E-state index contributed by atoms with van der Waals surface area (Å²) in [5.74, 6) is 0. The van der Waals surface area contributed by atoms with Crippen molar-refractivity contribution in [2.24, 2.45) is 0 Å². The highest BCUT2D eigenvalue weighted by Crippen LogP contribution is 2.30. The highest BCUT2D eigenvalue weighted by Gasteiger charge is 2.08. The number of nitrogens with zero attached hydrogens (tertiary/aromatic N) is 1. The Kier molecular flexibility index (Phi) is 2.09. The molecule has 0 aliphatic carbocycles. The number of hydrogen-bond donors (Lipinski definition) is 2. The minimum absolute atomic E-state index is 0.0283. The predicted molar refractivity (Wildman–Crippen MR) is 64.5 cm³/mol. The SMILES string of the molecule is OCc1ccc2[nH]c3ccnc(Cl)c3c2c1. The lowest BCUT2D eigenvalue weighted by Gasteiger charge is -1.97. The number of rotatable bonds is 1. The van der Waals surface area contributed by atoms with Gasteiger partial charge in [0, 0.05) is 22.5 Å². The monoisotopic (exact) mass is 232 g/mol. The Morgan fingerprint density at radius 1 is 1.25 bits per heavy atom. The Morgan fingerprint density at radius 2 is 2.12 bits per heavy atom. The van der Waals surface area contributed by atoms with Crippen LogP contribution >= 0.6 is 11.6 Å². The Balaban J connectivity index is 2.50. The molecule has 0 radical (unpaired) electrons. The fourth-order valence-corrected chi connectivity index (χ4v) is 2.21. The third-order valence-corrected chi connectivity index (χ3v) is 3.00. The van der Waals surface area contributed by atoms with E-state index in [2.05, 4.69) is 9.97 Å². The second kappa shape index (κ2) is 3.47. The van der Waals surface area contributed by atoms with Gasteiger partial charge in [-0.05, 0) is 23.8 Å². The van der Waals surface area contributed by atoms with E-state index in [0.29, 0.717) is 5.15 Å². The van der Waals surface area contributed by atoms with E-state index in [1.54, 1.807) is 6.20 Å². The molecule has 80 valence electrons. The van der Waals surface area contributed by atoms with Crippen LogP contribution in [0, 0.1) is 0 Å². The normalized spacial score (nSPS) is 11.4. The molecule has 0 spiro atoms. The summed E-state index contributed by atoms with van der Waals surface area (Å²) in [5.41, 5.74) is 2.83. The van der Waals surface area contributed by atoms with Crippen molar-refractivity contribution >= 4 is 33.4 Å². The minimum Gasteiger partial charge on any atom is -0.392 e. The summed E-state index contributed by atoms with van der Waals surface area (Å²) in [4.78, 5) is 7.33. The number of H-pyrrole nitrogens is 1. The summed E-state index contributed by atoms with van der Waals surface area (Å²) in [6, 6.07) is 7.65. The van der Waals surface area contributed by atoms with Gasteiger partial charge < -0.3 is 10.1 Å². The zero-order valence-corrected chi connectivity index (χ0v) is 9.12. The van der Waals surface area contributed by atoms with Gasteiger partial charge in [0.15, 0.2) is 0 Å². The van der Waals surface area contributed by atoms with Crippen LogP contribution in [0.5, 0.6) is 0 Å². The molecule has 0 amide bonds. The number of aliphatic hydroxyl groups is 1. The maximum atomic E-state index is 9.12. The van der Waals surface area contributed by atoms with E-state index in [0.717, 1.165) is 27.4 Å². The largest absolute Gasteiger partial charge is 0.392 e. The molecular formula is C12H9ClN2O. The molecular weight excluding hydrogens is 224 g/mol. The number of pyridine rings is 1. The molecule has 3 rings (SSSR count). The van der Waals surface area contributed by atoms with E-state index < -0.39 is 0 Å². The van der Waals surface area contributed by atoms with Gasteiger partial charge in [0.05, 0.1) is 12.1 Å². The van der Waals surface area contributed by atoms with E-state index in [1.807, 2.05) is 24.3 Å². The maximum Gasteiger partial charge on any atom is 0.138 e. The molecule has 4 heteroatoms. The summed E-state index contributed by atoms with van der Waals surface area (Å²) >= 11 is 6.08. The number of aromatic nitrogens is 2. The first-order valence-electron chi connectivity index (χ1n) is 4.95. The standard InChI is InChI=1S/C12H9ClN2O/c13-12-11-8-5-7(6-16)1-2-9(8)15-10(11)3-4-14-12/h1-5,15-16H,6H2. The summed E-state index contributed by atoms with van der Waals surface area (Å²) in [7, 11) is 0. The van der Waals surface area contributed by atoms with Crippen molar-refractivity contribution in [3.8, 4) is 0 Å². The molecule has 0 aliphatic rings. The molecule has 0 aliphatic heterocycles. The Morgan fingerprint density at radius 3 is 2.94 bits per heavy atom. The zero-order valence-electron chi connectivity index (χ0n) is 8.37. The lowest BCUT2D eigenvalue weighted by atomic mass is 10.1. The van der Waals surface area contributed by atoms with Gasteiger partial charge in [0.2, 0.25) is 0 Å². The maximum absolute atomic E-state index is 9.12. The van der Waals surface area contributed by atoms with E-state index in [9.17, 15) is 0 Å². The van der Waals surface area contributed by atoms with Crippen molar-refractivity contribution < 1.29 is 5.11 Å². The third-order valence-electron chi connectivity index (χ3n) is 2.71. The van der Waals surface area contributed by atoms with Crippen LogP contribution in [0.3, 0.4) is 0 Å². The van der Waals surface area contributed by atoms with Gasteiger partial charge in [0.1, 0.15) is 5.15 Å². The molecule has 3 nitrogen and oxygen atoms in total. The van der Waals surface area contributed by atoms with Gasteiger partial charge in [-0.25, -0.2) is 4.98 Å². The molecule has 0 bridgehead atoms. The molecule has 0 saturated heterocycles. The van der Waals surface area contributed by atoms with Gasteiger partial charge in [-0.3, -0.25) is 0 Å². The molecule has 3 aromatic rings. The molecule has 0 fully saturated rings. The highest BCUT2D eigenvalue weighted by molar-refractivity contribution is 6.36. The van der Waals surface area contributed by atoms with E-state index in [1.165, 1.54) is 0 Å². The van der Waals surface area contributed by atoms with Gasteiger partial charge in [-0.2, -0.15) is 0 Å². The van der Waals surface area contributed by atoms with Crippen LogP contribution < -0.4 is 0 Å². The number of halogens is 1. The first-order chi connectivity index (χ1) is 7.79. The van der Waals surface area contributed by atoms with Crippen LogP contribution in [0.15, 0.2) is 30.5 Å². The van der Waals surface area contributed by atoms with Crippen LogP contribution in [0.2, 0.25) is 5.15 Å². The van der Waals surface area contributed by atoms with Crippen molar-refractivity contribution in [2.75, 3.05) is 0 Å². The second-order valence-electron chi connectivity index (χ2n) is 3.69. The van der Waals surface area contributed by atoms with E-state index in [4.69, 9.17) is 16.7 Å². The van der Waals surface area contributed by atoms with Crippen LogP contribution in [0.25, 0.3) is 21.8 Å². The topological polar surface area (TPSA) is 48.9 Å². The number of nitrogens with one attached hydrogen (secondary N) is 1. The third kappa shape index (κ3) is 1.29. The highest BCUT2D eigenvalue weighted by atomic mass is 35.5. The van der Waals surface area contributed by atoms with Crippen LogP contribution in [-0.4, -0.2) is 15.1 Å². The van der Waals surface area contributed by atoms with Crippen LogP contribution in [0.1, 0.15) is 5.56 Å². The summed E-state index contributed by atoms with van der Waals surface area (Å²) < 4.78 is 0.